The van der Waals surface area contributed by atoms with Gasteiger partial charge in [0.25, 0.3) is 0 Å². The number of hydrogen-bond donors (Lipinski definition) is 2. The van der Waals surface area contributed by atoms with Crippen molar-refractivity contribution in [3.8, 4) is 0 Å². The number of guanidine groups is 1. The average Bonchev–Trinajstić information content (AvgIpc) is 3.26. The first-order chi connectivity index (χ1) is 14.2. The molecular formula is C23H33IN4O2. The first-order valence-electron chi connectivity index (χ1n) is 10.6. The van der Waals surface area contributed by atoms with E-state index in [2.05, 4.69) is 46.0 Å². The monoisotopic (exact) mass is 524 g/mol. The molecule has 1 aliphatic heterocycles. The quantitative estimate of drug-likeness (QED) is 0.315. The number of likely N-dealkylation sites (tertiary alicyclic amines) is 1. The lowest BCUT2D eigenvalue weighted by molar-refractivity contribution is -0.130. The molecule has 164 valence electrons. The van der Waals surface area contributed by atoms with Crippen molar-refractivity contribution in [3.05, 3.63) is 60.1 Å². The number of nitrogens with one attached hydrogen (secondary N) is 2. The molecule has 7 heteroatoms. The molecule has 0 unspecified atom stereocenters. The fourth-order valence-corrected chi connectivity index (χ4v) is 3.68. The van der Waals surface area contributed by atoms with Crippen molar-refractivity contribution in [1.29, 1.82) is 0 Å². The summed E-state index contributed by atoms with van der Waals surface area (Å²) in [6.07, 6.45) is 5.68. The smallest absolute Gasteiger partial charge is 0.244 e. The molecule has 1 aliphatic rings. The zero-order valence-electron chi connectivity index (χ0n) is 17.7. The van der Waals surface area contributed by atoms with Crippen LogP contribution in [0.5, 0.6) is 0 Å². The van der Waals surface area contributed by atoms with Crippen LogP contribution in [0.25, 0.3) is 0 Å². The Hall–Kier alpha value is -2.03. The number of nitrogens with zero attached hydrogens (tertiary/aromatic N) is 2. The number of carbonyl (C=O) groups is 1. The third-order valence-electron chi connectivity index (χ3n) is 5.30. The van der Waals surface area contributed by atoms with Gasteiger partial charge in [-0.2, -0.15) is 0 Å². The maximum Gasteiger partial charge on any atom is 0.244 e. The standard InChI is InChI=1S/C23H32N4O2.HI/c1-2-24-23(25-13-10-21-9-6-16-29-21)26-18-22(28)27-14-11-20(12-15-27)17-19-7-4-3-5-8-19;/h3-9,16,20H,2,10-15,17-18H2,1H3,(H2,24,25,26);1H. The normalized spacial score (nSPS) is 14.8. The molecule has 0 radical (unpaired) electrons. The molecule has 3 rings (SSSR count). The Morgan fingerprint density at radius 2 is 1.90 bits per heavy atom. The Balaban J connectivity index is 0.00000320. The van der Waals surface area contributed by atoms with Crippen LogP contribution in [-0.2, 0) is 17.6 Å². The second kappa shape index (κ2) is 13.3. The van der Waals surface area contributed by atoms with Crippen molar-refractivity contribution in [2.24, 2.45) is 10.9 Å². The van der Waals surface area contributed by atoms with E-state index in [-0.39, 0.29) is 36.4 Å². The van der Waals surface area contributed by atoms with Gasteiger partial charge in [0.15, 0.2) is 5.96 Å². The van der Waals surface area contributed by atoms with Crippen molar-refractivity contribution in [2.45, 2.75) is 32.6 Å². The Labute approximate surface area is 196 Å². The van der Waals surface area contributed by atoms with Crippen molar-refractivity contribution in [1.82, 2.24) is 15.5 Å². The van der Waals surface area contributed by atoms with Gasteiger partial charge in [0.05, 0.1) is 6.26 Å². The fraction of sp³-hybridized carbons (Fsp3) is 0.478. The largest absolute Gasteiger partial charge is 0.469 e. The van der Waals surface area contributed by atoms with Gasteiger partial charge >= 0.3 is 0 Å². The van der Waals surface area contributed by atoms with E-state index in [4.69, 9.17) is 4.42 Å². The van der Waals surface area contributed by atoms with Gasteiger partial charge in [-0.3, -0.25) is 4.79 Å². The summed E-state index contributed by atoms with van der Waals surface area (Å²) in [5.74, 6) is 2.37. The molecule has 0 atom stereocenters. The van der Waals surface area contributed by atoms with Gasteiger partial charge < -0.3 is 20.0 Å². The molecule has 1 fully saturated rings. The summed E-state index contributed by atoms with van der Waals surface area (Å²) >= 11 is 0. The Bertz CT molecular complexity index is 757. The second-order valence-electron chi connectivity index (χ2n) is 7.47. The predicted octanol–water partition coefficient (Wildman–Crippen LogP) is 3.48. The number of amides is 1. The number of hydrogen-bond acceptors (Lipinski definition) is 3. The summed E-state index contributed by atoms with van der Waals surface area (Å²) in [6.45, 7) is 5.31. The first-order valence-corrected chi connectivity index (χ1v) is 10.6. The van der Waals surface area contributed by atoms with Crippen LogP contribution in [0.3, 0.4) is 0 Å². The highest BCUT2D eigenvalue weighted by Gasteiger charge is 2.22. The van der Waals surface area contributed by atoms with E-state index in [1.807, 2.05) is 24.0 Å². The van der Waals surface area contributed by atoms with Gasteiger partial charge in [0, 0.05) is 32.6 Å². The summed E-state index contributed by atoms with van der Waals surface area (Å²) in [5.41, 5.74) is 1.39. The number of benzene rings is 1. The van der Waals surface area contributed by atoms with Crippen LogP contribution in [0, 0.1) is 5.92 Å². The molecule has 0 aliphatic carbocycles. The third kappa shape index (κ3) is 8.01. The maximum absolute atomic E-state index is 12.6. The summed E-state index contributed by atoms with van der Waals surface area (Å²) in [5, 5.41) is 6.45. The summed E-state index contributed by atoms with van der Waals surface area (Å²) in [4.78, 5) is 19.0. The molecule has 6 nitrogen and oxygen atoms in total. The molecular weight excluding hydrogens is 491 g/mol. The predicted molar refractivity (Wildman–Crippen MR) is 131 cm³/mol. The molecule has 1 aromatic carbocycles. The number of piperidine rings is 1. The number of aliphatic imine (C=N–C) groups is 1. The van der Waals surface area contributed by atoms with Gasteiger partial charge in [0.2, 0.25) is 5.91 Å². The van der Waals surface area contributed by atoms with E-state index in [0.29, 0.717) is 18.4 Å². The minimum absolute atomic E-state index is 0. The summed E-state index contributed by atoms with van der Waals surface area (Å²) in [7, 11) is 0. The molecule has 2 heterocycles. The van der Waals surface area contributed by atoms with E-state index in [1.54, 1.807) is 6.26 Å². The minimum Gasteiger partial charge on any atom is -0.469 e. The van der Waals surface area contributed by atoms with E-state index in [9.17, 15) is 4.79 Å². The maximum atomic E-state index is 12.6. The Morgan fingerprint density at radius 1 is 1.13 bits per heavy atom. The van der Waals surface area contributed by atoms with Crippen molar-refractivity contribution >= 4 is 35.8 Å². The van der Waals surface area contributed by atoms with E-state index < -0.39 is 0 Å². The van der Waals surface area contributed by atoms with Crippen molar-refractivity contribution in [2.75, 3.05) is 32.7 Å². The van der Waals surface area contributed by atoms with Crippen LogP contribution in [0.4, 0.5) is 0 Å². The van der Waals surface area contributed by atoms with Gasteiger partial charge in [-0.1, -0.05) is 30.3 Å². The Morgan fingerprint density at radius 3 is 2.57 bits per heavy atom. The SMILES string of the molecule is CCNC(=NCC(=O)N1CCC(Cc2ccccc2)CC1)NCCc1ccco1.I. The lowest BCUT2D eigenvalue weighted by Gasteiger charge is -2.32. The van der Waals surface area contributed by atoms with E-state index >= 15 is 0 Å². The third-order valence-corrected chi connectivity index (χ3v) is 5.30. The van der Waals surface area contributed by atoms with Crippen LogP contribution < -0.4 is 10.6 Å². The van der Waals surface area contributed by atoms with Crippen LogP contribution in [0.1, 0.15) is 31.1 Å². The van der Waals surface area contributed by atoms with Gasteiger partial charge in [-0.05, 0) is 49.8 Å². The molecule has 1 aromatic heterocycles. The molecule has 0 spiro atoms. The van der Waals surface area contributed by atoms with Crippen molar-refractivity contribution < 1.29 is 9.21 Å². The van der Waals surface area contributed by atoms with E-state index in [0.717, 1.165) is 51.1 Å². The molecule has 1 saturated heterocycles. The summed E-state index contributed by atoms with van der Waals surface area (Å²) in [6, 6.07) is 14.5. The van der Waals surface area contributed by atoms with Crippen LogP contribution in [-0.4, -0.2) is 49.5 Å². The minimum atomic E-state index is 0. The highest BCUT2D eigenvalue weighted by molar-refractivity contribution is 14.0. The lowest BCUT2D eigenvalue weighted by atomic mass is 9.90. The zero-order valence-corrected chi connectivity index (χ0v) is 20.0. The van der Waals surface area contributed by atoms with Gasteiger partial charge in [-0.15, -0.1) is 24.0 Å². The van der Waals surface area contributed by atoms with Crippen molar-refractivity contribution in [3.63, 3.8) is 0 Å². The summed E-state index contributed by atoms with van der Waals surface area (Å²) < 4.78 is 5.34. The highest BCUT2D eigenvalue weighted by Crippen LogP contribution is 2.21. The molecule has 0 saturated carbocycles. The van der Waals surface area contributed by atoms with Crippen LogP contribution >= 0.6 is 24.0 Å². The van der Waals surface area contributed by atoms with E-state index in [1.165, 1.54) is 5.56 Å². The highest BCUT2D eigenvalue weighted by atomic mass is 127. The Kier molecular flexibility index (Phi) is 10.8. The molecule has 2 N–H and O–H groups in total. The van der Waals surface area contributed by atoms with Crippen LogP contribution in [0.2, 0.25) is 0 Å². The molecule has 30 heavy (non-hydrogen) atoms. The van der Waals surface area contributed by atoms with Crippen LogP contribution in [0.15, 0.2) is 58.1 Å². The first kappa shape index (κ1) is 24.2. The number of carbonyl (C=O) groups excluding carboxylic acids is 1. The fourth-order valence-electron chi connectivity index (χ4n) is 3.68. The topological polar surface area (TPSA) is 69.9 Å². The van der Waals surface area contributed by atoms with Gasteiger partial charge in [-0.25, -0.2) is 4.99 Å². The number of furan rings is 1. The molecule has 2 aromatic rings. The molecule has 1 amide bonds. The van der Waals surface area contributed by atoms with Gasteiger partial charge in [0.1, 0.15) is 12.3 Å². The molecule has 0 bridgehead atoms. The lowest BCUT2D eigenvalue weighted by Crippen LogP contribution is -2.42. The number of rotatable bonds is 8. The zero-order chi connectivity index (χ0) is 20.3. The number of halogens is 1. The second-order valence-corrected chi connectivity index (χ2v) is 7.47. The average molecular weight is 524 g/mol.